The zero-order chi connectivity index (χ0) is 13.2. The molecule has 92 valence electrons. The average Bonchev–Trinajstić information content (AvgIpc) is 2.26. The Morgan fingerprint density at radius 1 is 1.65 bits per heavy atom. The van der Waals surface area contributed by atoms with Crippen molar-refractivity contribution in [3.63, 3.8) is 0 Å². The molecule has 0 saturated heterocycles. The van der Waals surface area contributed by atoms with Crippen LogP contribution in [0, 0.1) is 10.1 Å². The fourth-order valence-corrected chi connectivity index (χ4v) is 1.64. The van der Waals surface area contributed by atoms with Crippen LogP contribution in [0.1, 0.15) is 22.5 Å². The van der Waals surface area contributed by atoms with Crippen LogP contribution >= 0.6 is 15.9 Å². The Morgan fingerprint density at radius 2 is 2.24 bits per heavy atom. The quantitative estimate of drug-likeness (QED) is 0.371. The van der Waals surface area contributed by atoms with Gasteiger partial charge in [-0.15, -0.1) is 0 Å². The third-order valence-electron chi connectivity index (χ3n) is 1.80. The van der Waals surface area contributed by atoms with Crippen molar-refractivity contribution >= 4 is 27.6 Å². The number of nitro groups is 1. The molecule has 0 aliphatic rings. The summed E-state index contributed by atoms with van der Waals surface area (Å²) in [6, 6.07) is 0.651. The van der Waals surface area contributed by atoms with E-state index in [2.05, 4.69) is 25.7 Å². The second-order valence-corrected chi connectivity index (χ2v) is 3.53. The first kappa shape index (κ1) is 13.4. The minimum absolute atomic E-state index is 0.421. The third kappa shape index (κ3) is 2.73. The van der Waals surface area contributed by atoms with Crippen molar-refractivity contribution in [2.45, 2.75) is 6.43 Å². The van der Waals surface area contributed by atoms with Gasteiger partial charge in [-0.1, -0.05) is 0 Å². The van der Waals surface area contributed by atoms with Crippen LogP contribution in [0.25, 0.3) is 0 Å². The number of methoxy groups -OCH3 is 1. The molecule has 0 spiro atoms. The molecule has 17 heavy (non-hydrogen) atoms. The zero-order valence-corrected chi connectivity index (χ0v) is 9.90. The van der Waals surface area contributed by atoms with E-state index in [1.807, 2.05) is 0 Å². The molecule has 0 amide bonds. The highest BCUT2D eigenvalue weighted by Crippen LogP contribution is 2.34. The Labute approximate surface area is 102 Å². The van der Waals surface area contributed by atoms with Gasteiger partial charge in [0.25, 0.3) is 12.1 Å². The fourth-order valence-electron chi connectivity index (χ4n) is 1.07. The maximum Gasteiger partial charge on any atom is 0.356 e. The van der Waals surface area contributed by atoms with Crippen LogP contribution in [0.4, 0.5) is 14.5 Å². The Morgan fingerprint density at radius 3 is 2.65 bits per heavy atom. The van der Waals surface area contributed by atoms with Crippen molar-refractivity contribution in [1.29, 1.82) is 0 Å². The Bertz CT molecular complexity index is 481. The van der Waals surface area contributed by atoms with Gasteiger partial charge in [0.15, 0.2) is 5.69 Å². The summed E-state index contributed by atoms with van der Waals surface area (Å²) in [5.74, 6) is -0.949. The van der Waals surface area contributed by atoms with Crippen molar-refractivity contribution in [2.75, 3.05) is 7.11 Å². The third-order valence-corrected chi connectivity index (χ3v) is 2.40. The number of hydrogen-bond acceptors (Lipinski definition) is 5. The SMILES string of the molecule is COC(=O)c1cc([N+](=O)[O-])c(C(F)F)c(Br)n1. The molecule has 0 N–H and O–H groups in total. The normalized spacial score (nSPS) is 10.4. The first-order chi connectivity index (χ1) is 7.88. The van der Waals surface area contributed by atoms with Crippen molar-refractivity contribution in [1.82, 2.24) is 4.98 Å². The van der Waals surface area contributed by atoms with E-state index in [1.54, 1.807) is 0 Å². The number of ether oxygens (including phenoxy) is 1. The van der Waals surface area contributed by atoms with Crippen LogP contribution in [-0.4, -0.2) is 23.0 Å². The molecule has 9 heteroatoms. The lowest BCUT2D eigenvalue weighted by molar-refractivity contribution is -0.386. The van der Waals surface area contributed by atoms with E-state index in [0.29, 0.717) is 6.07 Å². The topological polar surface area (TPSA) is 82.3 Å². The molecule has 1 rings (SSSR count). The summed E-state index contributed by atoms with van der Waals surface area (Å²) in [7, 11) is 1.05. The maximum absolute atomic E-state index is 12.6. The molecule has 6 nitrogen and oxygen atoms in total. The summed E-state index contributed by atoms with van der Waals surface area (Å²) in [6.45, 7) is 0. The number of carbonyl (C=O) groups is 1. The molecule has 0 saturated carbocycles. The largest absolute Gasteiger partial charge is 0.464 e. The van der Waals surface area contributed by atoms with Crippen LogP contribution in [-0.2, 0) is 4.74 Å². The standard InChI is InChI=1S/C8H5BrF2N2O4/c1-17-8(14)3-2-4(13(15)16)5(7(10)11)6(9)12-3/h2,7H,1H3. The van der Waals surface area contributed by atoms with Gasteiger partial charge >= 0.3 is 5.97 Å². The molecule has 0 radical (unpaired) electrons. The molecule has 0 aliphatic carbocycles. The molecule has 0 unspecified atom stereocenters. The molecule has 0 aliphatic heterocycles. The Kier molecular flexibility index (Phi) is 4.05. The van der Waals surface area contributed by atoms with Gasteiger partial charge in [-0.2, -0.15) is 0 Å². The van der Waals surface area contributed by atoms with E-state index in [-0.39, 0.29) is 0 Å². The van der Waals surface area contributed by atoms with E-state index in [0.717, 1.165) is 7.11 Å². The summed E-state index contributed by atoms with van der Waals surface area (Å²) >= 11 is 2.66. The van der Waals surface area contributed by atoms with Crippen LogP contribution in [0.15, 0.2) is 10.7 Å². The zero-order valence-electron chi connectivity index (χ0n) is 8.32. The first-order valence-electron chi connectivity index (χ1n) is 4.09. The van der Waals surface area contributed by atoms with Gasteiger partial charge in [-0.05, 0) is 15.9 Å². The van der Waals surface area contributed by atoms with Crippen LogP contribution in [0.2, 0.25) is 0 Å². The molecular formula is C8H5BrF2N2O4. The second-order valence-electron chi connectivity index (χ2n) is 2.78. The van der Waals surface area contributed by atoms with Crippen LogP contribution in [0.3, 0.4) is 0 Å². The minimum atomic E-state index is -3.08. The molecule has 0 bridgehead atoms. The lowest BCUT2D eigenvalue weighted by atomic mass is 10.2. The number of aromatic nitrogens is 1. The highest BCUT2D eigenvalue weighted by Gasteiger charge is 2.28. The van der Waals surface area contributed by atoms with Crippen LogP contribution in [0.5, 0.6) is 0 Å². The first-order valence-corrected chi connectivity index (χ1v) is 4.89. The lowest BCUT2D eigenvalue weighted by Crippen LogP contribution is -2.08. The molecular weight excluding hydrogens is 306 g/mol. The predicted octanol–water partition coefficient (Wildman–Crippen LogP) is 2.48. The van der Waals surface area contributed by atoms with Gasteiger partial charge in [0, 0.05) is 6.07 Å². The summed E-state index contributed by atoms with van der Waals surface area (Å²) in [5, 5.41) is 10.6. The van der Waals surface area contributed by atoms with E-state index in [1.165, 1.54) is 0 Å². The van der Waals surface area contributed by atoms with E-state index in [9.17, 15) is 23.7 Å². The monoisotopic (exact) mass is 310 g/mol. The fraction of sp³-hybridized carbons (Fsp3) is 0.250. The molecule has 0 fully saturated rings. The van der Waals surface area contributed by atoms with Gasteiger partial charge in [0.2, 0.25) is 0 Å². The number of pyridine rings is 1. The average molecular weight is 311 g/mol. The van der Waals surface area contributed by atoms with Crippen LogP contribution < -0.4 is 0 Å². The second kappa shape index (κ2) is 5.13. The molecule has 1 heterocycles. The van der Waals surface area contributed by atoms with Gasteiger partial charge in [-0.3, -0.25) is 10.1 Å². The summed E-state index contributed by atoms with van der Waals surface area (Å²) in [5.41, 5.74) is -2.18. The van der Waals surface area contributed by atoms with E-state index >= 15 is 0 Å². The summed E-state index contributed by atoms with van der Waals surface area (Å²) < 4.78 is 29.0. The number of alkyl halides is 2. The molecule has 1 aromatic heterocycles. The van der Waals surface area contributed by atoms with Crippen molar-refractivity contribution in [2.24, 2.45) is 0 Å². The molecule has 0 aromatic carbocycles. The number of carbonyl (C=O) groups excluding carboxylic acids is 1. The smallest absolute Gasteiger partial charge is 0.356 e. The lowest BCUT2D eigenvalue weighted by Gasteiger charge is -2.06. The molecule has 0 atom stereocenters. The van der Waals surface area contributed by atoms with Crippen molar-refractivity contribution in [3.8, 4) is 0 Å². The van der Waals surface area contributed by atoms with E-state index in [4.69, 9.17) is 0 Å². The highest BCUT2D eigenvalue weighted by molar-refractivity contribution is 9.10. The predicted molar refractivity (Wildman–Crippen MR) is 54.9 cm³/mol. The summed E-state index contributed by atoms with van der Waals surface area (Å²) in [6.07, 6.45) is -3.08. The number of rotatable bonds is 3. The van der Waals surface area contributed by atoms with E-state index < -0.39 is 38.9 Å². The van der Waals surface area contributed by atoms with Gasteiger partial charge in [0.05, 0.1) is 12.0 Å². The number of hydrogen-bond donors (Lipinski definition) is 0. The van der Waals surface area contributed by atoms with Crippen molar-refractivity contribution < 1.29 is 23.2 Å². The Balaban J connectivity index is 3.46. The Hall–Kier alpha value is -1.64. The van der Waals surface area contributed by atoms with Crippen molar-refractivity contribution in [3.05, 3.63) is 32.0 Å². The minimum Gasteiger partial charge on any atom is -0.464 e. The number of halogens is 3. The number of nitrogens with zero attached hydrogens (tertiary/aromatic N) is 2. The van der Waals surface area contributed by atoms with Gasteiger partial charge in [0.1, 0.15) is 10.2 Å². The maximum atomic E-state index is 12.6. The van der Waals surface area contributed by atoms with Gasteiger partial charge in [-0.25, -0.2) is 18.6 Å². The highest BCUT2D eigenvalue weighted by atomic mass is 79.9. The molecule has 1 aromatic rings. The summed E-state index contributed by atoms with van der Waals surface area (Å²) in [4.78, 5) is 24.2. The number of esters is 1. The van der Waals surface area contributed by atoms with Gasteiger partial charge < -0.3 is 4.74 Å².